The van der Waals surface area contributed by atoms with E-state index in [1.807, 2.05) is 9.80 Å². The summed E-state index contributed by atoms with van der Waals surface area (Å²) in [6.07, 6.45) is 7.27. The summed E-state index contributed by atoms with van der Waals surface area (Å²) in [6, 6.07) is 0.101. The molecule has 0 spiro atoms. The molecule has 3 fully saturated rings. The molecule has 0 unspecified atom stereocenters. The van der Waals surface area contributed by atoms with Crippen molar-refractivity contribution in [3.8, 4) is 11.8 Å². The molecule has 2 atom stereocenters. The molecule has 0 N–H and O–H groups in total. The van der Waals surface area contributed by atoms with E-state index in [4.69, 9.17) is 4.74 Å². The number of ketones is 1. The number of hydrogen-bond acceptors (Lipinski definition) is 3. The predicted octanol–water partition coefficient (Wildman–Crippen LogP) is 1.83. The Kier molecular flexibility index (Phi) is 4.32. The van der Waals surface area contributed by atoms with Crippen LogP contribution < -0.4 is 0 Å². The van der Waals surface area contributed by atoms with E-state index >= 15 is 0 Å². The van der Waals surface area contributed by atoms with Crippen LogP contribution in [0.2, 0.25) is 0 Å². The van der Waals surface area contributed by atoms with Gasteiger partial charge in [0.25, 0.3) is 0 Å². The van der Waals surface area contributed by atoms with E-state index in [2.05, 4.69) is 17.9 Å². The topological polar surface area (TPSA) is 49.9 Å². The number of nitrogens with zero attached hydrogens (tertiary/aromatic N) is 2. The van der Waals surface area contributed by atoms with E-state index in [1.54, 1.807) is 0 Å². The van der Waals surface area contributed by atoms with Crippen LogP contribution in [0.15, 0.2) is 11.6 Å². The highest BCUT2D eigenvalue weighted by molar-refractivity contribution is 5.81. The van der Waals surface area contributed by atoms with E-state index in [0.29, 0.717) is 18.9 Å². The average molecular weight is 328 g/mol. The highest BCUT2D eigenvalue weighted by atomic mass is 16.5. The molecule has 3 saturated heterocycles. The van der Waals surface area contributed by atoms with Crippen LogP contribution in [-0.4, -0.2) is 60.5 Å². The highest BCUT2D eigenvalue weighted by Crippen LogP contribution is 2.28. The Labute approximate surface area is 143 Å². The van der Waals surface area contributed by atoms with E-state index in [9.17, 15) is 9.59 Å². The highest BCUT2D eigenvalue weighted by Gasteiger charge is 2.39. The van der Waals surface area contributed by atoms with E-state index in [0.717, 1.165) is 38.9 Å². The third kappa shape index (κ3) is 3.21. The maximum atomic E-state index is 12.6. The second-order valence-electron chi connectivity index (χ2n) is 7.36. The van der Waals surface area contributed by atoms with Crippen LogP contribution in [0.4, 0.5) is 4.79 Å². The molecule has 3 aliphatic heterocycles. The molecule has 1 aliphatic carbocycles. The van der Waals surface area contributed by atoms with Crippen LogP contribution in [0.1, 0.15) is 32.1 Å². The van der Waals surface area contributed by atoms with Crippen molar-refractivity contribution in [3.63, 3.8) is 0 Å². The molecule has 0 radical (unpaired) electrons. The first-order chi connectivity index (χ1) is 11.7. The van der Waals surface area contributed by atoms with Crippen LogP contribution >= 0.6 is 0 Å². The second-order valence-corrected chi connectivity index (χ2v) is 7.36. The molecule has 5 heteroatoms. The number of carbonyl (C=O) groups excluding carboxylic acids is 2. The van der Waals surface area contributed by atoms with Gasteiger partial charge in [0.1, 0.15) is 6.61 Å². The van der Waals surface area contributed by atoms with Crippen LogP contribution in [0, 0.1) is 23.7 Å². The number of carbonyl (C=O) groups is 2. The second kappa shape index (κ2) is 6.60. The van der Waals surface area contributed by atoms with Gasteiger partial charge in [-0.1, -0.05) is 17.9 Å². The minimum atomic E-state index is 0.101. The Bertz CT molecular complexity index is 624. The van der Waals surface area contributed by atoms with Crippen molar-refractivity contribution in [2.24, 2.45) is 11.8 Å². The lowest BCUT2D eigenvalue weighted by atomic mass is 9.88. The maximum absolute atomic E-state index is 12.6. The first-order valence-electron chi connectivity index (χ1n) is 9.07. The van der Waals surface area contributed by atoms with Gasteiger partial charge in [-0.2, -0.15) is 0 Å². The lowest BCUT2D eigenvalue weighted by molar-refractivity contribution is -0.140. The van der Waals surface area contributed by atoms with E-state index < -0.39 is 0 Å². The summed E-state index contributed by atoms with van der Waals surface area (Å²) in [6.45, 7) is 3.10. The summed E-state index contributed by atoms with van der Waals surface area (Å²) in [4.78, 5) is 27.9. The molecule has 3 heterocycles. The number of fused-ring (bicyclic) bond motifs is 1. The summed E-state index contributed by atoms with van der Waals surface area (Å²) < 4.78 is 5.60. The summed E-state index contributed by atoms with van der Waals surface area (Å²) in [5, 5.41) is 0. The minimum absolute atomic E-state index is 0.101. The lowest BCUT2D eigenvalue weighted by Crippen LogP contribution is -2.58. The largest absolute Gasteiger partial charge is 0.370 e. The predicted molar refractivity (Wildman–Crippen MR) is 89.2 cm³/mol. The number of rotatable bonds is 0. The van der Waals surface area contributed by atoms with Crippen LogP contribution in [0.3, 0.4) is 0 Å². The number of Topliss-reactive ketones (excluding diaryl/α,β-unsaturated/α-hetero) is 1. The molecule has 5 nitrogen and oxygen atoms in total. The third-order valence-electron chi connectivity index (χ3n) is 5.51. The van der Waals surface area contributed by atoms with Crippen molar-refractivity contribution in [1.29, 1.82) is 0 Å². The van der Waals surface area contributed by atoms with Crippen molar-refractivity contribution in [1.82, 2.24) is 9.80 Å². The van der Waals surface area contributed by atoms with Crippen LogP contribution in [0.25, 0.3) is 0 Å². The molecule has 128 valence electrons. The van der Waals surface area contributed by atoms with Crippen molar-refractivity contribution in [3.05, 3.63) is 11.6 Å². The first kappa shape index (κ1) is 15.7. The van der Waals surface area contributed by atoms with Crippen molar-refractivity contribution in [2.45, 2.75) is 38.2 Å². The Hall–Kier alpha value is -1.80. The van der Waals surface area contributed by atoms with Gasteiger partial charge in [-0.15, -0.1) is 0 Å². The fraction of sp³-hybridized carbons (Fsp3) is 0.684. The Morgan fingerprint density at radius 1 is 1.25 bits per heavy atom. The molecular formula is C19H24N2O3. The maximum Gasteiger partial charge on any atom is 0.320 e. The standard InChI is InChI=1S/C19H24N2O3/c22-17-9-16-12-20(8-7-18(16)24-13-17)19(23)21-10-15(11-21)6-5-14-3-1-2-4-14/h3,15-16,18H,1-2,4,7-13H2/t16-,18+/m1/s1. The zero-order chi connectivity index (χ0) is 16.5. The Morgan fingerprint density at radius 2 is 2.12 bits per heavy atom. The average Bonchev–Trinajstić information content (AvgIpc) is 3.05. The number of piperidine rings is 1. The van der Waals surface area contributed by atoms with Crippen LogP contribution in [-0.2, 0) is 9.53 Å². The van der Waals surface area contributed by atoms with Gasteiger partial charge < -0.3 is 14.5 Å². The minimum Gasteiger partial charge on any atom is -0.370 e. The van der Waals surface area contributed by atoms with Gasteiger partial charge in [0.15, 0.2) is 5.78 Å². The summed E-state index contributed by atoms with van der Waals surface area (Å²) >= 11 is 0. The van der Waals surface area contributed by atoms with Crippen molar-refractivity contribution >= 4 is 11.8 Å². The van der Waals surface area contributed by atoms with Gasteiger partial charge in [-0.3, -0.25) is 4.79 Å². The molecule has 0 saturated carbocycles. The molecule has 4 rings (SSSR count). The number of urea groups is 1. The molecule has 0 aromatic heterocycles. The van der Waals surface area contributed by atoms with Gasteiger partial charge >= 0.3 is 6.03 Å². The number of hydrogen-bond donors (Lipinski definition) is 0. The Balaban J connectivity index is 1.27. The normalized spacial score (nSPS) is 30.2. The first-order valence-corrected chi connectivity index (χ1v) is 9.07. The number of ether oxygens (including phenoxy) is 1. The lowest BCUT2D eigenvalue weighted by Gasteiger charge is -2.45. The SMILES string of the molecule is O=C1CO[C@H]2CCN(C(=O)N3CC(C#CC4=CCCC4)C3)C[C@H]2C1. The summed E-state index contributed by atoms with van der Waals surface area (Å²) in [7, 11) is 0. The smallest absolute Gasteiger partial charge is 0.320 e. The van der Waals surface area contributed by atoms with Crippen molar-refractivity contribution < 1.29 is 14.3 Å². The van der Waals surface area contributed by atoms with E-state index in [1.165, 1.54) is 12.0 Å². The molecule has 0 aromatic rings. The number of likely N-dealkylation sites (tertiary alicyclic amines) is 2. The number of amides is 2. The van der Waals surface area contributed by atoms with Gasteiger partial charge in [0.2, 0.25) is 0 Å². The fourth-order valence-corrected chi connectivity index (χ4v) is 4.06. The molecule has 2 amide bonds. The van der Waals surface area contributed by atoms with Gasteiger partial charge in [0, 0.05) is 38.5 Å². The quantitative estimate of drug-likeness (QED) is 0.638. The molecule has 4 aliphatic rings. The summed E-state index contributed by atoms with van der Waals surface area (Å²) in [5.41, 5.74) is 1.27. The van der Waals surface area contributed by atoms with Crippen molar-refractivity contribution in [2.75, 3.05) is 32.8 Å². The summed E-state index contributed by atoms with van der Waals surface area (Å²) in [5.74, 6) is 7.22. The third-order valence-corrected chi connectivity index (χ3v) is 5.51. The zero-order valence-corrected chi connectivity index (χ0v) is 14.0. The van der Waals surface area contributed by atoms with Gasteiger partial charge in [-0.25, -0.2) is 4.79 Å². The van der Waals surface area contributed by atoms with E-state index in [-0.39, 0.29) is 30.4 Å². The van der Waals surface area contributed by atoms with Gasteiger partial charge in [0.05, 0.1) is 12.0 Å². The fourth-order valence-electron chi connectivity index (χ4n) is 4.06. The monoisotopic (exact) mass is 328 g/mol. The molecular weight excluding hydrogens is 304 g/mol. The molecule has 0 bridgehead atoms. The van der Waals surface area contributed by atoms with Gasteiger partial charge in [-0.05, 0) is 31.3 Å². The zero-order valence-electron chi connectivity index (χ0n) is 14.0. The molecule has 24 heavy (non-hydrogen) atoms. The number of allylic oxidation sites excluding steroid dienone is 2. The molecule has 0 aromatic carbocycles. The van der Waals surface area contributed by atoms with Crippen LogP contribution in [0.5, 0.6) is 0 Å². The Morgan fingerprint density at radius 3 is 2.92 bits per heavy atom.